The summed E-state index contributed by atoms with van der Waals surface area (Å²) in [5.74, 6) is -3.08. The Morgan fingerprint density at radius 3 is 2.58 bits per heavy atom. The Morgan fingerprint density at radius 1 is 1.00 bits per heavy atom. The number of hydrogen-bond acceptors (Lipinski definition) is 5. The highest BCUT2D eigenvalue weighted by Crippen LogP contribution is 2.25. The van der Waals surface area contributed by atoms with Crippen LogP contribution in [0.25, 0.3) is 10.2 Å². The number of aromatic nitrogens is 1. The number of rotatable bonds is 6. The van der Waals surface area contributed by atoms with Gasteiger partial charge in [0.1, 0.15) is 11.6 Å². The van der Waals surface area contributed by atoms with Gasteiger partial charge in [0.05, 0.1) is 26.5 Å². The van der Waals surface area contributed by atoms with Crippen LogP contribution in [0.3, 0.4) is 0 Å². The standard InChI is InChI=1S/C23H16F2N2O3S/c24-15-9-10-18(17(25)12-15)26-21(28)13-30-23(29)16-6-2-1-5-14(16)11-22-27-19-7-3-4-8-20(19)31-22/h1-10,12H,11,13H2,(H,26,28). The topological polar surface area (TPSA) is 68.3 Å². The lowest BCUT2D eigenvalue weighted by molar-refractivity contribution is -0.119. The molecule has 0 spiro atoms. The summed E-state index contributed by atoms with van der Waals surface area (Å²) in [6.45, 7) is -0.606. The summed E-state index contributed by atoms with van der Waals surface area (Å²) in [5, 5.41) is 3.10. The highest BCUT2D eigenvalue weighted by Gasteiger charge is 2.16. The molecule has 0 aliphatic heterocycles. The molecule has 0 saturated carbocycles. The summed E-state index contributed by atoms with van der Waals surface area (Å²) in [7, 11) is 0. The summed E-state index contributed by atoms with van der Waals surface area (Å²) in [6, 6.07) is 17.5. The van der Waals surface area contributed by atoms with Crippen LogP contribution in [-0.2, 0) is 16.0 Å². The number of carbonyl (C=O) groups excluding carboxylic acids is 2. The summed E-state index contributed by atoms with van der Waals surface area (Å²) in [6.07, 6.45) is 0.442. The third-order valence-electron chi connectivity index (χ3n) is 4.46. The van der Waals surface area contributed by atoms with E-state index in [1.807, 2.05) is 30.3 Å². The van der Waals surface area contributed by atoms with E-state index in [4.69, 9.17) is 4.74 Å². The summed E-state index contributed by atoms with van der Waals surface area (Å²) in [5.41, 5.74) is 1.74. The minimum absolute atomic E-state index is 0.196. The molecule has 0 unspecified atom stereocenters. The van der Waals surface area contributed by atoms with Gasteiger partial charge < -0.3 is 10.1 Å². The predicted molar refractivity (Wildman–Crippen MR) is 114 cm³/mol. The molecular formula is C23H16F2N2O3S. The van der Waals surface area contributed by atoms with Crippen molar-refractivity contribution in [1.82, 2.24) is 4.98 Å². The highest BCUT2D eigenvalue weighted by atomic mass is 32.1. The number of halogens is 2. The average molecular weight is 438 g/mol. The van der Waals surface area contributed by atoms with Crippen LogP contribution in [-0.4, -0.2) is 23.5 Å². The fraction of sp³-hybridized carbons (Fsp3) is 0.0870. The van der Waals surface area contributed by atoms with Crippen molar-refractivity contribution in [1.29, 1.82) is 0 Å². The number of amides is 1. The molecule has 1 heterocycles. The van der Waals surface area contributed by atoms with Gasteiger partial charge in [0.2, 0.25) is 0 Å². The van der Waals surface area contributed by atoms with Gasteiger partial charge in [-0.25, -0.2) is 18.6 Å². The third kappa shape index (κ3) is 4.92. The first-order valence-electron chi connectivity index (χ1n) is 9.34. The first-order valence-corrected chi connectivity index (χ1v) is 10.2. The van der Waals surface area contributed by atoms with E-state index < -0.39 is 30.1 Å². The molecule has 0 bridgehead atoms. The second-order valence-electron chi connectivity index (χ2n) is 6.66. The zero-order valence-corrected chi connectivity index (χ0v) is 16.9. The lowest BCUT2D eigenvalue weighted by atomic mass is 10.1. The third-order valence-corrected chi connectivity index (χ3v) is 5.49. The van der Waals surface area contributed by atoms with Crippen molar-refractivity contribution < 1.29 is 23.1 Å². The van der Waals surface area contributed by atoms with Gasteiger partial charge in [-0.2, -0.15) is 0 Å². The molecule has 4 rings (SSSR count). The molecule has 31 heavy (non-hydrogen) atoms. The number of hydrogen-bond donors (Lipinski definition) is 1. The van der Waals surface area contributed by atoms with Crippen LogP contribution >= 0.6 is 11.3 Å². The highest BCUT2D eigenvalue weighted by molar-refractivity contribution is 7.18. The van der Waals surface area contributed by atoms with E-state index in [0.29, 0.717) is 18.1 Å². The van der Waals surface area contributed by atoms with Crippen LogP contribution in [0.5, 0.6) is 0 Å². The summed E-state index contributed by atoms with van der Waals surface area (Å²) < 4.78 is 32.8. The molecule has 156 valence electrons. The van der Waals surface area contributed by atoms with Gasteiger partial charge in [-0.1, -0.05) is 30.3 Å². The smallest absolute Gasteiger partial charge is 0.338 e. The maximum absolute atomic E-state index is 13.6. The fourth-order valence-corrected chi connectivity index (χ4v) is 4.01. The van der Waals surface area contributed by atoms with Crippen molar-refractivity contribution in [3.05, 3.63) is 94.5 Å². The Kier molecular flexibility index (Phi) is 5.99. The molecule has 8 heteroatoms. The largest absolute Gasteiger partial charge is 0.452 e. The van der Waals surface area contributed by atoms with Crippen molar-refractivity contribution in [2.24, 2.45) is 0 Å². The number of esters is 1. The van der Waals surface area contributed by atoms with Crippen LogP contribution in [0, 0.1) is 11.6 Å². The normalized spacial score (nSPS) is 10.8. The molecule has 5 nitrogen and oxygen atoms in total. The van der Waals surface area contributed by atoms with E-state index in [1.165, 1.54) is 0 Å². The average Bonchev–Trinajstić information content (AvgIpc) is 3.17. The molecular weight excluding hydrogens is 422 g/mol. The van der Waals surface area contributed by atoms with E-state index in [2.05, 4.69) is 10.3 Å². The maximum Gasteiger partial charge on any atom is 0.338 e. The molecule has 0 atom stereocenters. The molecule has 4 aromatic rings. The van der Waals surface area contributed by atoms with Gasteiger partial charge in [-0.15, -0.1) is 11.3 Å². The Bertz CT molecular complexity index is 1240. The number of thiazole rings is 1. The number of para-hydroxylation sites is 1. The van der Waals surface area contributed by atoms with Crippen LogP contribution in [0.15, 0.2) is 66.7 Å². The number of nitrogens with one attached hydrogen (secondary N) is 1. The molecule has 0 aliphatic rings. The molecule has 0 fully saturated rings. The van der Waals surface area contributed by atoms with Gasteiger partial charge in [0.25, 0.3) is 5.91 Å². The van der Waals surface area contributed by atoms with Gasteiger partial charge >= 0.3 is 5.97 Å². The Labute approximate surface area is 180 Å². The Balaban J connectivity index is 1.42. The van der Waals surface area contributed by atoms with Crippen molar-refractivity contribution in [3.63, 3.8) is 0 Å². The van der Waals surface area contributed by atoms with Crippen molar-refractivity contribution in [2.45, 2.75) is 6.42 Å². The summed E-state index contributed by atoms with van der Waals surface area (Å²) in [4.78, 5) is 29.1. The molecule has 1 aromatic heterocycles. The van der Waals surface area contributed by atoms with Gasteiger partial charge in [0.15, 0.2) is 6.61 Å². The number of fused-ring (bicyclic) bond motifs is 1. The lowest BCUT2D eigenvalue weighted by Gasteiger charge is -2.10. The molecule has 0 aliphatic carbocycles. The predicted octanol–water partition coefficient (Wildman–Crippen LogP) is 4.96. The number of carbonyl (C=O) groups is 2. The van der Waals surface area contributed by atoms with Crippen molar-refractivity contribution in [3.8, 4) is 0 Å². The quantitative estimate of drug-likeness (QED) is 0.432. The van der Waals surface area contributed by atoms with Crippen LogP contribution < -0.4 is 5.32 Å². The van der Waals surface area contributed by atoms with Gasteiger partial charge in [-0.3, -0.25) is 4.79 Å². The zero-order valence-electron chi connectivity index (χ0n) is 16.1. The molecule has 0 radical (unpaired) electrons. The fourth-order valence-electron chi connectivity index (χ4n) is 3.02. The minimum atomic E-state index is -0.916. The monoisotopic (exact) mass is 438 g/mol. The van der Waals surface area contributed by atoms with Gasteiger partial charge in [0, 0.05) is 12.5 Å². The van der Waals surface area contributed by atoms with Crippen LogP contribution in [0.2, 0.25) is 0 Å². The zero-order chi connectivity index (χ0) is 21.8. The van der Waals surface area contributed by atoms with E-state index in [9.17, 15) is 18.4 Å². The molecule has 1 N–H and O–H groups in total. The van der Waals surface area contributed by atoms with E-state index >= 15 is 0 Å². The van der Waals surface area contributed by atoms with Gasteiger partial charge in [-0.05, 0) is 35.9 Å². The SMILES string of the molecule is O=C(COC(=O)c1ccccc1Cc1nc2ccccc2s1)Nc1ccc(F)cc1F. The first kappa shape index (κ1) is 20.6. The second kappa shape index (κ2) is 9.01. The van der Waals surface area contributed by atoms with Crippen molar-refractivity contribution in [2.75, 3.05) is 11.9 Å². The molecule has 3 aromatic carbocycles. The van der Waals surface area contributed by atoms with E-state index in [1.54, 1.807) is 29.5 Å². The number of anilines is 1. The lowest BCUT2D eigenvalue weighted by Crippen LogP contribution is -2.22. The Hall–Kier alpha value is -3.65. The molecule has 1 amide bonds. The first-order chi connectivity index (χ1) is 15.0. The second-order valence-corrected chi connectivity index (χ2v) is 7.77. The minimum Gasteiger partial charge on any atom is -0.452 e. The number of benzene rings is 3. The van der Waals surface area contributed by atoms with E-state index in [0.717, 1.165) is 32.9 Å². The van der Waals surface area contributed by atoms with E-state index in [-0.39, 0.29) is 5.69 Å². The van der Waals surface area contributed by atoms with Crippen LogP contribution in [0.4, 0.5) is 14.5 Å². The maximum atomic E-state index is 13.6. The van der Waals surface area contributed by atoms with Crippen molar-refractivity contribution >= 4 is 39.1 Å². The summed E-state index contributed by atoms with van der Waals surface area (Å²) >= 11 is 1.54. The number of nitrogens with zero attached hydrogens (tertiary/aromatic N) is 1. The molecule has 0 saturated heterocycles. The van der Waals surface area contributed by atoms with Crippen LogP contribution in [0.1, 0.15) is 20.9 Å². The Morgan fingerprint density at radius 2 is 1.77 bits per heavy atom. The number of ether oxygens (including phenoxy) is 1.